The van der Waals surface area contributed by atoms with Gasteiger partial charge < -0.3 is 15.0 Å². The molecule has 14 heavy (non-hydrogen) atoms. The van der Waals surface area contributed by atoms with Gasteiger partial charge in [-0.3, -0.25) is 0 Å². The fraction of sp³-hybridized carbons (Fsp3) is 0.500. The van der Waals surface area contributed by atoms with Gasteiger partial charge in [-0.25, -0.2) is 4.98 Å². The van der Waals surface area contributed by atoms with Crippen LogP contribution in [0.25, 0.3) is 0 Å². The largest absolute Gasteiger partial charge is 0.388 e. The van der Waals surface area contributed by atoms with E-state index in [4.69, 9.17) is 0 Å². The number of hydrogen-bond acceptors (Lipinski definition) is 3. The molecule has 2 rings (SSSR count). The molecule has 0 radical (unpaired) electrons. The molecule has 0 spiro atoms. The third-order valence-electron chi connectivity index (χ3n) is 2.46. The third-order valence-corrected chi connectivity index (χ3v) is 2.46. The van der Waals surface area contributed by atoms with Crippen molar-refractivity contribution < 1.29 is 5.11 Å². The Morgan fingerprint density at radius 3 is 3.21 bits per heavy atom. The van der Waals surface area contributed by atoms with Gasteiger partial charge in [0.1, 0.15) is 0 Å². The first kappa shape index (κ1) is 9.43. The summed E-state index contributed by atoms with van der Waals surface area (Å²) in [6, 6.07) is 0. The predicted octanol–water partition coefficient (Wildman–Crippen LogP) is -0.147. The van der Waals surface area contributed by atoms with Gasteiger partial charge in [0.05, 0.1) is 12.4 Å². The molecule has 4 heteroatoms. The molecule has 0 fully saturated rings. The lowest BCUT2D eigenvalue weighted by atomic mass is 10.1. The number of β-amino-alcohol motifs (C(OH)–C–C–N with tert-alkyl or cyclic N) is 1. The highest BCUT2D eigenvalue weighted by molar-refractivity contribution is 5.18. The van der Waals surface area contributed by atoms with Crippen molar-refractivity contribution in [1.29, 1.82) is 0 Å². The second-order valence-electron chi connectivity index (χ2n) is 3.70. The summed E-state index contributed by atoms with van der Waals surface area (Å²) in [5, 5.41) is 12.6. The van der Waals surface area contributed by atoms with Gasteiger partial charge in [0.25, 0.3) is 0 Å². The van der Waals surface area contributed by atoms with Gasteiger partial charge in [-0.2, -0.15) is 0 Å². The molecule has 0 saturated heterocycles. The summed E-state index contributed by atoms with van der Waals surface area (Å²) in [6.45, 7) is 1.52. The molecule has 2 heterocycles. The fourth-order valence-electron chi connectivity index (χ4n) is 1.68. The zero-order valence-electron chi connectivity index (χ0n) is 8.27. The van der Waals surface area contributed by atoms with Crippen molar-refractivity contribution in [3.05, 3.63) is 29.9 Å². The minimum absolute atomic E-state index is 0.341. The zero-order chi connectivity index (χ0) is 9.97. The minimum atomic E-state index is -0.341. The topological polar surface area (TPSA) is 50.1 Å². The zero-order valence-corrected chi connectivity index (χ0v) is 8.27. The van der Waals surface area contributed by atoms with Crippen molar-refractivity contribution in [2.75, 3.05) is 13.1 Å². The Hall–Kier alpha value is -1.13. The molecule has 1 aliphatic heterocycles. The fourth-order valence-corrected chi connectivity index (χ4v) is 1.68. The molecule has 1 aromatic rings. The van der Waals surface area contributed by atoms with E-state index < -0.39 is 0 Å². The normalized spacial score (nSPS) is 22.1. The summed E-state index contributed by atoms with van der Waals surface area (Å²) in [7, 11) is 1.98. The summed E-state index contributed by atoms with van der Waals surface area (Å²) in [6.07, 6.45) is 6.11. The Balaban J connectivity index is 2.07. The molecule has 4 nitrogen and oxygen atoms in total. The van der Waals surface area contributed by atoms with E-state index in [1.54, 1.807) is 6.33 Å². The van der Waals surface area contributed by atoms with E-state index in [0.717, 1.165) is 13.0 Å². The molecule has 76 valence electrons. The lowest BCUT2D eigenvalue weighted by molar-refractivity contribution is 0.212. The molecular formula is C10H15N3O. The molecule has 0 aliphatic carbocycles. The van der Waals surface area contributed by atoms with E-state index >= 15 is 0 Å². The number of nitrogens with zero attached hydrogens (tertiary/aromatic N) is 2. The highest BCUT2D eigenvalue weighted by atomic mass is 16.3. The molecule has 0 aromatic carbocycles. The van der Waals surface area contributed by atoms with Crippen molar-refractivity contribution >= 4 is 0 Å². The monoisotopic (exact) mass is 193 g/mol. The first-order valence-corrected chi connectivity index (χ1v) is 4.79. The maximum Gasteiger partial charge on any atom is 0.0945 e. The van der Waals surface area contributed by atoms with Crippen LogP contribution >= 0.6 is 0 Å². The van der Waals surface area contributed by atoms with Crippen LogP contribution < -0.4 is 5.32 Å². The minimum Gasteiger partial charge on any atom is -0.388 e. The van der Waals surface area contributed by atoms with E-state index in [1.165, 1.54) is 11.3 Å². The number of rotatable bonds is 2. The van der Waals surface area contributed by atoms with E-state index in [9.17, 15) is 5.11 Å². The Morgan fingerprint density at radius 1 is 1.71 bits per heavy atom. The van der Waals surface area contributed by atoms with Crippen LogP contribution in [0.1, 0.15) is 5.69 Å². The van der Waals surface area contributed by atoms with Crippen molar-refractivity contribution in [3.63, 3.8) is 0 Å². The number of aryl methyl sites for hydroxylation is 1. The van der Waals surface area contributed by atoms with Gasteiger partial charge >= 0.3 is 0 Å². The van der Waals surface area contributed by atoms with Gasteiger partial charge in [-0.05, 0) is 0 Å². The van der Waals surface area contributed by atoms with Crippen molar-refractivity contribution in [2.24, 2.45) is 7.05 Å². The Bertz CT molecular complexity index is 343. The van der Waals surface area contributed by atoms with Crippen LogP contribution in [0, 0.1) is 0 Å². The van der Waals surface area contributed by atoms with Gasteiger partial charge in [-0.15, -0.1) is 0 Å². The number of hydrogen-bond donors (Lipinski definition) is 2. The van der Waals surface area contributed by atoms with E-state index in [2.05, 4.69) is 10.3 Å². The predicted molar refractivity (Wildman–Crippen MR) is 53.9 cm³/mol. The van der Waals surface area contributed by atoms with Crippen LogP contribution in [0.5, 0.6) is 0 Å². The summed E-state index contributed by atoms with van der Waals surface area (Å²) < 4.78 is 2.00. The first-order chi connectivity index (χ1) is 6.75. The Labute approximate surface area is 83.3 Å². The average Bonchev–Trinajstić information content (AvgIpc) is 2.52. The van der Waals surface area contributed by atoms with Gasteiger partial charge in [0.15, 0.2) is 0 Å². The quantitative estimate of drug-likeness (QED) is 0.642. The number of aromatic nitrogens is 2. The van der Waals surface area contributed by atoms with Crippen LogP contribution in [0.3, 0.4) is 0 Å². The summed E-state index contributed by atoms with van der Waals surface area (Å²) in [4.78, 5) is 4.06. The van der Waals surface area contributed by atoms with Crippen molar-refractivity contribution in [1.82, 2.24) is 14.9 Å². The Kier molecular flexibility index (Phi) is 2.65. The molecule has 1 aromatic heterocycles. The van der Waals surface area contributed by atoms with E-state index in [-0.39, 0.29) is 6.10 Å². The summed E-state index contributed by atoms with van der Waals surface area (Å²) in [5.74, 6) is 0. The summed E-state index contributed by atoms with van der Waals surface area (Å²) >= 11 is 0. The molecule has 1 unspecified atom stereocenters. The first-order valence-electron chi connectivity index (χ1n) is 4.79. The van der Waals surface area contributed by atoms with E-state index in [0.29, 0.717) is 6.54 Å². The second-order valence-corrected chi connectivity index (χ2v) is 3.70. The number of nitrogens with one attached hydrogen (secondary N) is 1. The van der Waals surface area contributed by atoms with Gasteiger partial charge in [0.2, 0.25) is 0 Å². The number of imidazole rings is 1. The Morgan fingerprint density at radius 2 is 2.57 bits per heavy atom. The molecule has 0 saturated carbocycles. The highest BCUT2D eigenvalue weighted by Gasteiger charge is 2.11. The van der Waals surface area contributed by atoms with E-state index in [1.807, 2.05) is 23.9 Å². The smallest absolute Gasteiger partial charge is 0.0945 e. The van der Waals surface area contributed by atoms with Gasteiger partial charge in [0, 0.05) is 38.4 Å². The number of aliphatic hydroxyl groups is 1. The lowest BCUT2D eigenvalue weighted by Crippen LogP contribution is -2.33. The molecular weight excluding hydrogens is 178 g/mol. The molecule has 1 atom stereocenters. The average molecular weight is 193 g/mol. The molecule has 0 amide bonds. The van der Waals surface area contributed by atoms with Crippen LogP contribution in [0.4, 0.5) is 0 Å². The lowest BCUT2D eigenvalue weighted by Gasteiger charge is -2.18. The molecule has 0 bridgehead atoms. The summed E-state index contributed by atoms with van der Waals surface area (Å²) in [5.41, 5.74) is 2.40. The van der Waals surface area contributed by atoms with Crippen LogP contribution in [0.2, 0.25) is 0 Å². The molecule has 2 N–H and O–H groups in total. The van der Waals surface area contributed by atoms with Crippen LogP contribution in [0.15, 0.2) is 24.2 Å². The van der Waals surface area contributed by atoms with Gasteiger partial charge in [-0.1, -0.05) is 11.6 Å². The highest BCUT2D eigenvalue weighted by Crippen LogP contribution is 2.09. The maximum atomic E-state index is 9.42. The van der Waals surface area contributed by atoms with Crippen LogP contribution in [-0.2, 0) is 13.5 Å². The van der Waals surface area contributed by atoms with Crippen molar-refractivity contribution in [3.8, 4) is 0 Å². The SMILES string of the molecule is Cn1cncc1CC1=CC(O)CNC1. The van der Waals surface area contributed by atoms with Crippen LogP contribution in [-0.4, -0.2) is 33.9 Å². The van der Waals surface area contributed by atoms with Crippen molar-refractivity contribution in [2.45, 2.75) is 12.5 Å². The molecule has 1 aliphatic rings. The maximum absolute atomic E-state index is 9.42. The standard InChI is InChI=1S/C10H15N3O/c1-13-7-12-5-9(13)2-8-3-10(14)6-11-4-8/h3,5,7,10-11,14H,2,4,6H2,1H3. The second kappa shape index (κ2) is 3.94. The third kappa shape index (κ3) is 2.02. The number of aliphatic hydroxyl groups excluding tert-OH is 1.